The van der Waals surface area contributed by atoms with Crippen LogP contribution in [0.15, 0.2) is 29.2 Å². The second kappa shape index (κ2) is 7.14. The Morgan fingerprint density at radius 3 is 2.75 bits per heavy atom. The Morgan fingerprint density at radius 1 is 1.25 bits per heavy atom. The average Bonchev–Trinajstić information content (AvgIpc) is 2.75. The maximum atomic E-state index is 11.5. The fourth-order valence-electron chi connectivity index (χ4n) is 1.83. The highest BCUT2D eigenvalue weighted by molar-refractivity contribution is 8.18. The molecule has 4 nitrogen and oxygen atoms in total. The van der Waals surface area contributed by atoms with Crippen molar-refractivity contribution in [2.24, 2.45) is 0 Å². The normalized spacial score (nSPS) is 16.6. The minimum absolute atomic E-state index is 0.331. The van der Waals surface area contributed by atoms with E-state index in [4.69, 9.17) is 4.74 Å². The number of nitrogens with one attached hydrogen (secondary N) is 1. The lowest BCUT2D eigenvalue weighted by Gasteiger charge is -2.09. The molecule has 2 rings (SSSR count). The van der Waals surface area contributed by atoms with Crippen LogP contribution >= 0.6 is 11.8 Å². The predicted octanol–water partition coefficient (Wildman–Crippen LogP) is 3.58. The molecule has 1 saturated heterocycles. The maximum absolute atomic E-state index is 11.5. The monoisotopic (exact) mass is 291 g/mol. The molecule has 1 heterocycles. The fourth-order valence-corrected chi connectivity index (χ4v) is 2.50. The minimum atomic E-state index is -0.346. The molecule has 0 aromatic heterocycles. The Balaban J connectivity index is 2.09. The molecule has 0 bridgehead atoms. The van der Waals surface area contributed by atoms with Gasteiger partial charge in [-0.2, -0.15) is 0 Å². The first-order valence-electron chi connectivity index (χ1n) is 6.67. The van der Waals surface area contributed by atoms with Crippen LogP contribution < -0.4 is 10.1 Å². The summed E-state index contributed by atoms with van der Waals surface area (Å²) in [6, 6.07) is 7.52. The summed E-state index contributed by atoms with van der Waals surface area (Å²) in [6.45, 7) is 2.80. The van der Waals surface area contributed by atoms with E-state index in [2.05, 4.69) is 12.2 Å². The van der Waals surface area contributed by atoms with E-state index < -0.39 is 0 Å². The van der Waals surface area contributed by atoms with E-state index in [-0.39, 0.29) is 11.1 Å². The molecule has 2 amide bonds. The summed E-state index contributed by atoms with van der Waals surface area (Å²) in [6.07, 6.45) is 4.99. The van der Waals surface area contributed by atoms with Gasteiger partial charge in [-0.05, 0) is 30.3 Å². The number of hydrogen-bond donors (Lipinski definition) is 1. The van der Waals surface area contributed by atoms with Crippen molar-refractivity contribution < 1.29 is 14.3 Å². The number of benzene rings is 1. The standard InChI is InChI=1S/C15H17NO3S/c1-2-3-6-9-19-12-8-5-4-7-11(12)10-13-14(17)16-15(18)20-13/h4-5,7-8,10H,2-3,6,9H2,1H3,(H,16,17,18)/b13-10+. The molecular weight excluding hydrogens is 274 g/mol. The predicted molar refractivity (Wildman–Crippen MR) is 80.6 cm³/mol. The first-order chi connectivity index (χ1) is 9.70. The smallest absolute Gasteiger partial charge is 0.290 e. The summed E-state index contributed by atoms with van der Waals surface area (Å²) in [4.78, 5) is 23.1. The summed E-state index contributed by atoms with van der Waals surface area (Å²) < 4.78 is 5.74. The summed E-state index contributed by atoms with van der Waals surface area (Å²) >= 11 is 0.915. The first-order valence-corrected chi connectivity index (χ1v) is 7.49. The van der Waals surface area contributed by atoms with Gasteiger partial charge in [0.15, 0.2) is 0 Å². The fraction of sp³-hybridized carbons (Fsp3) is 0.333. The van der Waals surface area contributed by atoms with Gasteiger partial charge in [0.25, 0.3) is 11.1 Å². The summed E-state index contributed by atoms with van der Waals surface area (Å²) in [7, 11) is 0. The third kappa shape index (κ3) is 3.87. The average molecular weight is 291 g/mol. The molecule has 1 aromatic carbocycles. The molecule has 0 saturated carbocycles. The second-order valence-corrected chi connectivity index (χ2v) is 5.46. The van der Waals surface area contributed by atoms with Crippen LogP contribution in [0.4, 0.5) is 4.79 Å². The van der Waals surface area contributed by atoms with Crippen LogP contribution in [0.5, 0.6) is 5.75 Å². The quantitative estimate of drug-likeness (QED) is 0.643. The highest BCUT2D eigenvalue weighted by Gasteiger charge is 2.25. The highest BCUT2D eigenvalue weighted by Crippen LogP contribution is 2.29. The number of thioether (sulfide) groups is 1. The van der Waals surface area contributed by atoms with Gasteiger partial charge in [0.05, 0.1) is 11.5 Å². The van der Waals surface area contributed by atoms with Gasteiger partial charge in [-0.25, -0.2) is 0 Å². The van der Waals surface area contributed by atoms with E-state index in [0.29, 0.717) is 11.5 Å². The van der Waals surface area contributed by atoms with E-state index >= 15 is 0 Å². The molecule has 106 valence electrons. The van der Waals surface area contributed by atoms with Gasteiger partial charge in [0, 0.05) is 5.56 Å². The number of rotatable bonds is 6. The van der Waals surface area contributed by atoms with Crippen molar-refractivity contribution >= 4 is 29.0 Å². The van der Waals surface area contributed by atoms with Crippen LogP contribution in [0.1, 0.15) is 31.7 Å². The summed E-state index contributed by atoms with van der Waals surface area (Å²) in [5.41, 5.74) is 0.816. The van der Waals surface area contributed by atoms with E-state index in [9.17, 15) is 9.59 Å². The van der Waals surface area contributed by atoms with E-state index in [1.54, 1.807) is 6.08 Å². The topological polar surface area (TPSA) is 55.4 Å². The lowest BCUT2D eigenvalue weighted by atomic mass is 10.2. The van der Waals surface area contributed by atoms with Gasteiger partial charge in [0.1, 0.15) is 5.75 Å². The number of para-hydroxylation sites is 1. The largest absolute Gasteiger partial charge is 0.493 e. The van der Waals surface area contributed by atoms with Gasteiger partial charge in [0.2, 0.25) is 0 Å². The molecule has 1 fully saturated rings. The summed E-state index contributed by atoms with van der Waals surface area (Å²) in [5.74, 6) is 0.393. The molecular formula is C15H17NO3S. The van der Waals surface area contributed by atoms with E-state index in [1.165, 1.54) is 0 Å². The van der Waals surface area contributed by atoms with Gasteiger partial charge >= 0.3 is 0 Å². The lowest BCUT2D eigenvalue weighted by Crippen LogP contribution is -2.17. The van der Waals surface area contributed by atoms with Gasteiger partial charge in [-0.3, -0.25) is 14.9 Å². The van der Waals surface area contributed by atoms with Crippen molar-refractivity contribution in [3.8, 4) is 5.75 Å². The molecule has 0 unspecified atom stereocenters. The molecule has 1 N–H and O–H groups in total. The molecule has 1 aliphatic rings. The number of hydrogen-bond acceptors (Lipinski definition) is 4. The van der Waals surface area contributed by atoms with Gasteiger partial charge in [-0.15, -0.1) is 0 Å². The van der Waals surface area contributed by atoms with Gasteiger partial charge < -0.3 is 4.74 Å². The Bertz CT molecular complexity index is 540. The van der Waals surface area contributed by atoms with Crippen molar-refractivity contribution in [2.75, 3.05) is 6.61 Å². The number of unbranched alkanes of at least 4 members (excludes halogenated alkanes) is 2. The first kappa shape index (κ1) is 14.7. The Hall–Kier alpha value is -1.75. The molecule has 20 heavy (non-hydrogen) atoms. The lowest BCUT2D eigenvalue weighted by molar-refractivity contribution is -0.115. The van der Waals surface area contributed by atoms with E-state index in [1.807, 2.05) is 24.3 Å². The van der Waals surface area contributed by atoms with Crippen molar-refractivity contribution in [2.45, 2.75) is 26.2 Å². The zero-order chi connectivity index (χ0) is 14.4. The molecule has 1 aromatic rings. The number of amides is 2. The van der Waals surface area contributed by atoms with Crippen LogP contribution in [0, 0.1) is 0 Å². The number of ether oxygens (including phenoxy) is 1. The third-order valence-electron chi connectivity index (χ3n) is 2.85. The van der Waals surface area contributed by atoms with Crippen molar-refractivity contribution in [3.63, 3.8) is 0 Å². The van der Waals surface area contributed by atoms with Crippen molar-refractivity contribution in [1.82, 2.24) is 5.32 Å². The molecule has 0 atom stereocenters. The van der Waals surface area contributed by atoms with Crippen LogP contribution in [0.2, 0.25) is 0 Å². The third-order valence-corrected chi connectivity index (χ3v) is 3.66. The second-order valence-electron chi connectivity index (χ2n) is 4.45. The van der Waals surface area contributed by atoms with Crippen LogP contribution in [0.3, 0.4) is 0 Å². The van der Waals surface area contributed by atoms with Crippen molar-refractivity contribution in [3.05, 3.63) is 34.7 Å². The Kier molecular flexibility index (Phi) is 5.24. The molecule has 0 aliphatic carbocycles. The number of carbonyl (C=O) groups excluding carboxylic acids is 2. The van der Waals surface area contributed by atoms with Crippen LogP contribution in [-0.2, 0) is 4.79 Å². The maximum Gasteiger partial charge on any atom is 0.290 e. The van der Waals surface area contributed by atoms with Crippen molar-refractivity contribution in [1.29, 1.82) is 0 Å². The zero-order valence-electron chi connectivity index (χ0n) is 11.3. The Morgan fingerprint density at radius 2 is 2.05 bits per heavy atom. The molecule has 5 heteroatoms. The van der Waals surface area contributed by atoms with Crippen LogP contribution in [0.25, 0.3) is 6.08 Å². The molecule has 0 radical (unpaired) electrons. The number of carbonyl (C=O) groups is 2. The zero-order valence-corrected chi connectivity index (χ0v) is 12.2. The summed E-state index contributed by atoms with van der Waals surface area (Å²) in [5, 5.41) is 1.91. The molecule has 0 spiro atoms. The number of imide groups is 1. The Labute approximate surface area is 122 Å². The van der Waals surface area contributed by atoms with Gasteiger partial charge in [-0.1, -0.05) is 38.0 Å². The highest BCUT2D eigenvalue weighted by atomic mass is 32.2. The SMILES string of the molecule is CCCCCOc1ccccc1/C=C1/SC(=O)NC1=O. The minimum Gasteiger partial charge on any atom is -0.493 e. The van der Waals surface area contributed by atoms with E-state index in [0.717, 1.165) is 42.3 Å². The van der Waals surface area contributed by atoms with Crippen LogP contribution in [-0.4, -0.2) is 17.8 Å². The molecule has 1 aliphatic heterocycles.